The fourth-order valence-corrected chi connectivity index (χ4v) is 2.28. The van der Waals surface area contributed by atoms with E-state index in [9.17, 15) is 9.18 Å². The molecule has 110 valence electrons. The van der Waals surface area contributed by atoms with Crippen molar-refractivity contribution in [2.75, 3.05) is 12.4 Å². The second kappa shape index (κ2) is 6.59. The number of nitrogens with one attached hydrogen (secondary N) is 2. The minimum Gasteiger partial charge on any atom is -0.378 e. The lowest BCUT2D eigenvalue weighted by atomic mass is 10.1. The van der Waals surface area contributed by atoms with E-state index in [4.69, 9.17) is 11.6 Å². The third-order valence-electron chi connectivity index (χ3n) is 3.19. The van der Waals surface area contributed by atoms with Crippen molar-refractivity contribution in [2.24, 2.45) is 0 Å². The van der Waals surface area contributed by atoms with Crippen LogP contribution in [0.1, 0.15) is 28.9 Å². The molecule has 2 aromatic rings. The van der Waals surface area contributed by atoms with Crippen molar-refractivity contribution < 1.29 is 9.18 Å². The molecule has 2 N–H and O–H groups in total. The zero-order valence-corrected chi connectivity index (χ0v) is 12.5. The highest BCUT2D eigenvalue weighted by atomic mass is 35.5. The summed E-state index contributed by atoms with van der Waals surface area (Å²) >= 11 is 6.00. The van der Waals surface area contributed by atoms with Crippen molar-refractivity contribution in [3.05, 3.63) is 64.4 Å². The van der Waals surface area contributed by atoms with Crippen LogP contribution in [0.4, 0.5) is 10.1 Å². The number of rotatable bonds is 4. The molecule has 21 heavy (non-hydrogen) atoms. The summed E-state index contributed by atoms with van der Waals surface area (Å²) in [4.78, 5) is 11.7. The van der Waals surface area contributed by atoms with E-state index >= 15 is 0 Å². The molecule has 0 saturated heterocycles. The van der Waals surface area contributed by atoms with Crippen molar-refractivity contribution in [3.63, 3.8) is 0 Å². The smallest absolute Gasteiger partial charge is 0.252 e. The number of carbonyl (C=O) groups is 1. The lowest BCUT2D eigenvalue weighted by Gasteiger charge is -2.17. The predicted molar refractivity (Wildman–Crippen MR) is 83.3 cm³/mol. The first-order valence-electron chi connectivity index (χ1n) is 6.55. The molecule has 0 aliphatic rings. The number of halogens is 2. The van der Waals surface area contributed by atoms with E-state index < -0.39 is 0 Å². The SMILES string of the molecule is CNC(=O)c1cc(NC(C)c2ccccc2F)ccc1Cl. The molecule has 5 heteroatoms. The minimum atomic E-state index is -0.266. The van der Waals surface area contributed by atoms with Gasteiger partial charge in [-0.1, -0.05) is 29.8 Å². The Kier molecular flexibility index (Phi) is 4.81. The van der Waals surface area contributed by atoms with Gasteiger partial charge in [-0.25, -0.2) is 4.39 Å². The van der Waals surface area contributed by atoms with Crippen molar-refractivity contribution in [3.8, 4) is 0 Å². The van der Waals surface area contributed by atoms with E-state index in [0.717, 1.165) is 0 Å². The molecule has 0 aliphatic carbocycles. The highest BCUT2D eigenvalue weighted by Crippen LogP contribution is 2.25. The van der Waals surface area contributed by atoms with Gasteiger partial charge in [0.25, 0.3) is 5.91 Å². The van der Waals surface area contributed by atoms with E-state index in [1.54, 1.807) is 43.4 Å². The third kappa shape index (κ3) is 3.52. The third-order valence-corrected chi connectivity index (χ3v) is 3.52. The normalized spacial score (nSPS) is 11.8. The van der Waals surface area contributed by atoms with Crippen LogP contribution in [0.2, 0.25) is 5.02 Å². The molecule has 1 unspecified atom stereocenters. The van der Waals surface area contributed by atoms with Crippen LogP contribution in [0.15, 0.2) is 42.5 Å². The summed E-state index contributed by atoms with van der Waals surface area (Å²) < 4.78 is 13.7. The average Bonchev–Trinajstić information content (AvgIpc) is 2.48. The van der Waals surface area contributed by atoms with E-state index in [2.05, 4.69) is 10.6 Å². The standard InChI is InChI=1S/C16H16ClFN2O/c1-10(12-5-3-4-6-15(12)18)20-11-7-8-14(17)13(9-11)16(21)19-2/h3-10,20H,1-2H3,(H,19,21). The first-order valence-corrected chi connectivity index (χ1v) is 6.93. The molecular formula is C16H16ClFN2O. The topological polar surface area (TPSA) is 41.1 Å². The van der Waals surface area contributed by atoms with Crippen molar-refractivity contribution in [1.29, 1.82) is 0 Å². The lowest BCUT2D eigenvalue weighted by Crippen LogP contribution is -2.18. The monoisotopic (exact) mass is 306 g/mol. The molecule has 0 radical (unpaired) electrons. The van der Waals surface area contributed by atoms with Crippen LogP contribution in [0.3, 0.4) is 0 Å². The Balaban J connectivity index is 2.24. The molecule has 0 heterocycles. The zero-order chi connectivity index (χ0) is 15.4. The van der Waals surface area contributed by atoms with Crippen LogP contribution >= 0.6 is 11.6 Å². The molecule has 2 rings (SSSR count). The Bertz CT molecular complexity index is 660. The molecule has 0 spiro atoms. The summed E-state index contributed by atoms with van der Waals surface area (Å²) in [5, 5.41) is 6.07. The first-order chi connectivity index (χ1) is 10.0. The number of amides is 1. The number of benzene rings is 2. The van der Waals surface area contributed by atoms with E-state index in [-0.39, 0.29) is 17.8 Å². The van der Waals surface area contributed by atoms with E-state index in [1.807, 2.05) is 6.92 Å². The van der Waals surface area contributed by atoms with Gasteiger partial charge in [0.05, 0.1) is 16.6 Å². The molecule has 1 atom stereocenters. The maximum Gasteiger partial charge on any atom is 0.252 e. The Morgan fingerprint density at radius 1 is 1.24 bits per heavy atom. The summed E-state index contributed by atoms with van der Waals surface area (Å²) in [6, 6.07) is 11.4. The molecule has 1 amide bonds. The number of anilines is 1. The van der Waals surface area contributed by atoms with Crippen LogP contribution in [0, 0.1) is 5.82 Å². The number of hydrogen-bond acceptors (Lipinski definition) is 2. The first kappa shape index (κ1) is 15.3. The van der Waals surface area contributed by atoms with Gasteiger partial charge in [0.2, 0.25) is 0 Å². The maximum atomic E-state index is 13.7. The van der Waals surface area contributed by atoms with Gasteiger partial charge in [-0.15, -0.1) is 0 Å². The number of hydrogen-bond donors (Lipinski definition) is 2. The van der Waals surface area contributed by atoms with Crippen LogP contribution in [0.25, 0.3) is 0 Å². The summed E-state index contributed by atoms with van der Waals surface area (Å²) in [5.74, 6) is -0.528. The van der Waals surface area contributed by atoms with E-state index in [1.165, 1.54) is 6.07 Å². The van der Waals surface area contributed by atoms with Crippen molar-refractivity contribution >= 4 is 23.2 Å². The summed E-state index contributed by atoms with van der Waals surface area (Å²) in [6.45, 7) is 1.85. The van der Waals surface area contributed by atoms with Gasteiger partial charge in [0.1, 0.15) is 5.82 Å². The molecule has 0 aliphatic heterocycles. The van der Waals surface area contributed by atoms with Gasteiger partial charge in [-0.05, 0) is 31.2 Å². The van der Waals surface area contributed by atoms with Crippen LogP contribution < -0.4 is 10.6 Å². The quantitative estimate of drug-likeness (QED) is 0.896. The fourth-order valence-electron chi connectivity index (χ4n) is 2.08. The Morgan fingerprint density at radius 2 is 1.95 bits per heavy atom. The molecular weight excluding hydrogens is 291 g/mol. The van der Waals surface area contributed by atoms with Gasteiger partial charge in [0, 0.05) is 18.3 Å². The largest absolute Gasteiger partial charge is 0.378 e. The Labute approximate surface area is 128 Å². The lowest BCUT2D eigenvalue weighted by molar-refractivity contribution is 0.0963. The fraction of sp³-hybridized carbons (Fsp3) is 0.188. The highest BCUT2D eigenvalue weighted by molar-refractivity contribution is 6.34. The van der Waals surface area contributed by atoms with Crippen LogP contribution in [-0.4, -0.2) is 13.0 Å². The predicted octanol–water partition coefficient (Wildman–Crippen LogP) is 4.01. The molecule has 0 saturated carbocycles. The van der Waals surface area contributed by atoms with Crippen molar-refractivity contribution in [1.82, 2.24) is 5.32 Å². The highest BCUT2D eigenvalue weighted by Gasteiger charge is 2.13. The van der Waals surface area contributed by atoms with Crippen LogP contribution in [-0.2, 0) is 0 Å². The Hall–Kier alpha value is -2.07. The van der Waals surface area contributed by atoms with Gasteiger partial charge in [0.15, 0.2) is 0 Å². The van der Waals surface area contributed by atoms with Crippen LogP contribution in [0.5, 0.6) is 0 Å². The van der Waals surface area contributed by atoms with E-state index in [0.29, 0.717) is 21.8 Å². The molecule has 0 bridgehead atoms. The molecule has 0 fully saturated rings. The van der Waals surface area contributed by atoms with Crippen molar-refractivity contribution in [2.45, 2.75) is 13.0 Å². The average molecular weight is 307 g/mol. The van der Waals surface area contributed by atoms with Gasteiger partial charge >= 0.3 is 0 Å². The Morgan fingerprint density at radius 3 is 2.62 bits per heavy atom. The molecule has 0 aromatic heterocycles. The second-order valence-electron chi connectivity index (χ2n) is 4.66. The minimum absolute atomic E-state index is 0.232. The molecule has 3 nitrogen and oxygen atoms in total. The van der Waals surface area contributed by atoms with Gasteiger partial charge in [-0.3, -0.25) is 4.79 Å². The van der Waals surface area contributed by atoms with Gasteiger partial charge in [-0.2, -0.15) is 0 Å². The number of carbonyl (C=O) groups excluding carboxylic acids is 1. The van der Waals surface area contributed by atoms with Gasteiger partial charge < -0.3 is 10.6 Å². The summed E-state index contributed by atoms with van der Waals surface area (Å²) in [6.07, 6.45) is 0. The molecule has 2 aromatic carbocycles. The summed E-state index contributed by atoms with van der Waals surface area (Å²) in [5.41, 5.74) is 1.65. The second-order valence-corrected chi connectivity index (χ2v) is 5.07. The zero-order valence-electron chi connectivity index (χ0n) is 11.8. The maximum absolute atomic E-state index is 13.7. The summed E-state index contributed by atoms with van der Waals surface area (Å²) in [7, 11) is 1.54.